The molecule has 0 bridgehead atoms. The van der Waals surface area contributed by atoms with Gasteiger partial charge in [-0.05, 0) is 19.1 Å². The third-order valence-corrected chi connectivity index (χ3v) is 2.94. The first-order valence-corrected chi connectivity index (χ1v) is 4.94. The molecule has 58 valence electrons. The second-order valence-electron chi connectivity index (χ2n) is 2.75. The average molecular weight is 157 g/mol. The molecule has 2 heteroatoms. The van der Waals surface area contributed by atoms with E-state index in [0.717, 1.165) is 6.04 Å². The number of thioether (sulfide) groups is 1. The highest BCUT2D eigenvalue weighted by atomic mass is 32.2. The van der Waals surface area contributed by atoms with Crippen LogP contribution in [0.25, 0.3) is 0 Å². The zero-order chi connectivity index (χ0) is 7.40. The second kappa shape index (κ2) is 4.04. The van der Waals surface area contributed by atoms with E-state index in [-0.39, 0.29) is 0 Å². The first-order valence-electron chi connectivity index (χ1n) is 3.79. The number of nitrogens with one attached hydrogen (secondary N) is 1. The molecule has 1 saturated heterocycles. The van der Waals surface area contributed by atoms with Crippen LogP contribution in [0.5, 0.6) is 0 Å². The normalized spacial score (nSPS) is 28.3. The largest absolute Gasteiger partial charge is 0.307 e. The van der Waals surface area contributed by atoms with Gasteiger partial charge in [-0.1, -0.05) is 6.08 Å². The summed E-state index contributed by atoms with van der Waals surface area (Å²) in [5, 5.41) is 3.49. The number of hydrogen-bond donors (Lipinski definition) is 1. The van der Waals surface area contributed by atoms with E-state index in [1.807, 2.05) is 17.8 Å². The van der Waals surface area contributed by atoms with Crippen LogP contribution in [0.4, 0.5) is 0 Å². The Kier molecular flexibility index (Phi) is 3.29. The molecular formula is C8H15NS. The molecule has 0 radical (unpaired) electrons. The Balaban J connectivity index is 2.17. The molecule has 10 heavy (non-hydrogen) atoms. The molecule has 0 aromatic rings. The van der Waals surface area contributed by atoms with Crippen LogP contribution in [-0.4, -0.2) is 23.6 Å². The Morgan fingerprint density at radius 3 is 3.10 bits per heavy atom. The van der Waals surface area contributed by atoms with Crippen LogP contribution in [0.15, 0.2) is 12.7 Å². The van der Waals surface area contributed by atoms with Crippen molar-refractivity contribution in [3.63, 3.8) is 0 Å². The molecule has 0 saturated carbocycles. The fourth-order valence-electron chi connectivity index (χ4n) is 1.11. The molecule has 0 aromatic heterocycles. The SMILES string of the molecule is C=CC(C)NC1CCSC1. The van der Waals surface area contributed by atoms with Gasteiger partial charge in [0.25, 0.3) is 0 Å². The Morgan fingerprint density at radius 2 is 2.60 bits per heavy atom. The predicted octanol–water partition coefficient (Wildman–Crippen LogP) is 1.66. The van der Waals surface area contributed by atoms with Crippen molar-refractivity contribution in [2.75, 3.05) is 11.5 Å². The lowest BCUT2D eigenvalue weighted by Gasteiger charge is -2.14. The summed E-state index contributed by atoms with van der Waals surface area (Å²) in [4.78, 5) is 0. The van der Waals surface area contributed by atoms with Gasteiger partial charge in [0.05, 0.1) is 0 Å². The predicted molar refractivity (Wildman–Crippen MR) is 48.5 cm³/mol. The lowest BCUT2D eigenvalue weighted by Crippen LogP contribution is -2.34. The lowest BCUT2D eigenvalue weighted by atomic mass is 10.2. The topological polar surface area (TPSA) is 12.0 Å². The van der Waals surface area contributed by atoms with Gasteiger partial charge < -0.3 is 5.32 Å². The zero-order valence-corrected chi connectivity index (χ0v) is 7.29. The monoisotopic (exact) mass is 157 g/mol. The molecule has 1 aliphatic heterocycles. The van der Waals surface area contributed by atoms with Crippen LogP contribution >= 0.6 is 11.8 Å². The maximum Gasteiger partial charge on any atom is 0.0221 e. The van der Waals surface area contributed by atoms with Gasteiger partial charge in [0.1, 0.15) is 0 Å². The van der Waals surface area contributed by atoms with Crippen molar-refractivity contribution in [1.29, 1.82) is 0 Å². The van der Waals surface area contributed by atoms with E-state index in [1.54, 1.807) is 0 Å². The minimum atomic E-state index is 0.476. The van der Waals surface area contributed by atoms with Crippen LogP contribution in [0.3, 0.4) is 0 Å². The number of rotatable bonds is 3. The molecule has 0 amide bonds. The molecule has 1 rings (SSSR count). The highest BCUT2D eigenvalue weighted by molar-refractivity contribution is 7.99. The van der Waals surface area contributed by atoms with E-state index in [4.69, 9.17) is 0 Å². The van der Waals surface area contributed by atoms with E-state index in [9.17, 15) is 0 Å². The van der Waals surface area contributed by atoms with E-state index in [2.05, 4.69) is 18.8 Å². The zero-order valence-electron chi connectivity index (χ0n) is 6.47. The standard InChI is InChI=1S/C8H15NS/c1-3-7(2)9-8-4-5-10-6-8/h3,7-9H,1,4-6H2,2H3. The minimum Gasteiger partial charge on any atom is -0.307 e. The molecule has 2 unspecified atom stereocenters. The van der Waals surface area contributed by atoms with Crippen LogP contribution in [-0.2, 0) is 0 Å². The fraction of sp³-hybridized carbons (Fsp3) is 0.750. The summed E-state index contributed by atoms with van der Waals surface area (Å²) in [6.45, 7) is 5.88. The van der Waals surface area contributed by atoms with Gasteiger partial charge in [0.15, 0.2) is 0 Å². The molecule has 1 fully saturated rings. The van der Waals surface area contributed by atoms with Gasteiger partial charge >= 0.3 is 0 Å². The minimum absolute atomic E-state index is 0.476. The highest BCUT2D eigenvalue weighted by Crippen LogP contribution is 2.17. The van der Waals surface area contributed by atoms with E-state index < -0.39 is 0 Å². The summed E-state index contributed by atoms with van der Waals surface area (Å²) in [5.74, 6) is 2.60. The van der Waals surface area contributed by atoms with Crippen molar-refractivity contribution < 1.29 is 0 Å². The van der Waals surface area contributed by atoms with Crippen molar-refractivity contribution >= 4 is 11.8 Å². The molecule has 1 N–H and O–H groups in total. The van der Waals surface area contributed by atoms with E-state index in [1.165, 1.54) is 17.9 Å². The van der Waals surface area contributed by atoms with Crippen molar-refractivity contribution in [1.82, 2.24) is 5.32 Å². The Morgan fingerprint density at radius 1 is 1.80 bits per heavy atom. The Hall–Kier alpha value is 0.0500. The molecule has 0 spiro atoms. The van der Waals surface area contributed by atoms with E-state index >= 15 is 0 Å². The highest BCUT2D eigenvalue weighted by Gasteiger charge is 2.15. The molecule has 1 nitrogen and oxygen atoms in total. The van der Waals surface area contributed by atoms with Crippen LogP contribution < -0.4 is 5.32 Å². The van der Waals surface area contributed by atoms with Crippen LogP contribution in [0, 0.1) is 0 Å². The first kappa shape index (κ1) is 8.15. The summed E-state index contributed by atoms with van der Waals surface area (Å²) >= 11 is 2.04. The van der Waals surface area contributed by atoms with E-state index in [0.29, 0.717) is 6.04 Å². The molecule has 0 aliphatic carbocycles. The summed E-state index contributed by atoms with van der Waals surface area (Å²) in [7, 11) is 0. The lowest BCUT2D eigenvalue weighted by molar-refractivity contribution is 0.525. The summed E-state index contributed by atoms with van der Waals surface area (Å²) in [5.41, 5.74) is 0. The van der Waals surface area contributed by atoms with Gasteiger partial charge in [-0.2, -0.15) is 11.8 Å². The van der Waals surface area contributed by atoms with Crippen LogP contribution in [0.2, 0.25) is 0 Å². The molecule has 1 aliphatic rings. The third kappa shape index (κ3) is 2.35. The van der Waals surface area contributed by atoms with Gasteiger partial charge in [-0.3, -0.25) is 0 Å². The summed E-state index contributed by atoms with van der Waals surface area (Å²) in [6.07, 6.45) is 3.28. The Bertz CT molecular complexity index is 108. The van der Waals surface area contributed by atoms with Gasteiger partial charge in [-0.15, -0.1) is 6.58 Å². The summed E-state index contributed by atoms with van der Waals surface area (Å²) < 4.78 is 0. The second-order valence-corrected chi connectivity index (χ2v) is 3.90. The average Bonchev–Trinajstić information content (AvgIpc) is 2.40. The third-order valence-electron chi connectivity index (χ3n) is 1.78. The van der Waals surface area contributed by atoms with Crippen molar-refractivity contribution in [2.24, 2.45) is 0 Å². The van der Waals surface area contributed by atoms with Gasteiger partial charge in [-0.25, -0.2) is 0 Å². The van der Waals surface area contributed by atoms with Crippen molar-refractivity contribution in [3.05, 3.63) is 12.7 Å². The molecule has 1 heterocycles. The van der Waals surface area contributed by atoms with Crippen LogP contribution in [0.1, 0.15) is 13.3 Å². The molecular weight excluding hydrogens is 142 g/mol. The van der Waals surface area contributed by atoms with Gasteiger partial charge in [0.2, 0.25) is 0 Å². The van der Waals surface area contributed by atoms with Crippen molar-refractivity contribution in [3.8, 4) is 0 Å². The fourth-order valence-corrected chi connectivity index (χ4v) is 2.27. The maximum atomic E-state index is 3.73. The number of hydrogen-bond acceptors (Lipinski definition) is 2. The molecule has 0 aromatic carbocycles. The van der Waals surface area contributed by atoms with Gasteiger partial charge in [0, 0.05) is 17.8 Å². The quantitative estimate of drug-likeness (QED) is 0.625. The maximum absolute atomic E-state index is 3.73. The van der Waals surface area contributed by atoms with Crippen molar-refractivity contribution in [2.45, 2.75) is 25.4 Å². The Labute approximate surface area is 67.3 Å². The summed E-state index contributed by atoms with van der Waals surface area (Å²) in [6, 6.07) is 1.21. The molecule has 2 atom stereocenters. The smallest absolute Gasteiger partial charge is 0.0221 e. The first-order chi connectivity index (χ1) is 4.83.